The van der Waals surface area contributed by atoms with Gasteiger partial charge in [-0.1, -0.05) is 36.4 Å². The number of ether oxygens (including phenoxy) is 2. The second kappa shape index (κ2) is 14.8. The molecule has 5 heterocycles. The Balaban J connectivity index is 0.873. The van der Waals surface area contributed by atoms with Crippen LogP contribution in [0.3, 0.4) is 0 Å². The van der Waals surface area contributed by atoms with Crippen LogP contribution >= 0.6 is 0 Å². The van der Waals surface area contributed by atoms with Crippen LogP contribution in [0.15, 0.2) is 170 Å². The minimum absolute atomic E-state index is 0.0399. The molecule has 0 unspecified atom stereocenters. The van der Waals surface area contributed by atoms with Crippen LogP contribution in [0.1, 0.15) is 11.1 Å². The van der Waals surface area contributed by atoms with E-state index >= 15 is 8.78 Å². The van der Waals surface area contributed by atoms with E-state index in [0.29, 0.717) is 34.0 Å². The van der Waals surface area contributed by atoms with Crippen molar-refractivity contribution in [1.82, 2.24) is 29.1 Å². The quantitative estimate of drug-likeness (QED) is 0.152. The summed E-state index contributed by atoms with van der Waals surface area (Å²) in [6.45, 7) is 4.06. The summed E-state index contributed by atoms with van der Waals surface area (Å²) in [7, 11) is 0. The van der Waals surface area contributed by atoms with Crippen molar-refractivity contribution >= 4 is 43.6 Å². The van der Waals surface area contributed by atoms with E-state index in [4.69, 9.17) is 9.47 Å². The van der Waals surface area contributed by atoms with Gasteiger partial charge in [0, 0.05) is 57.2 Å². The third-order valence-electron chi connectivity index (χ3n) is 11.1. The predicted octanol–water partition coefficient (Wildman–Crippen LogP) is 13.3. The topological polar surface area (TPSA) is 79.9 Å². The Kier molecular flexibility index (Phi) is 8.78. The summed E-state index contributed by atoms with van der Waals surface area (Å²) >= 11 is 0. The van der Waals surface area contributed by atoms with Gasteiger partial charge in [0.2, 0.25) is 0 Å². The Morgan fingerprint density at radius 2 is 0.855 bits per heavy atom. The monoisotopic (exact) mass is 812 g/mol. The number of rotatable bonds is 8. The summed E-state index contributed by atoms with van der Waals surface area (Å²) in [5.74, 6) is 1.52. The number of fused-ring (bicyclic) bond motifs is 6. The summed E-state index contributed by atoms with van der Waals surface area (Å²) in [6, 6.07) is 44.9. The highest BCUT2D eigenvalue weighted by atomic mass is 19.1. The van der Waals surface area contributed by atoms with Gasteiger partial charge in [0.15, 0.2) is 23.1 Å². The fraction of sp³-hybridized carbons (Fsp3) is 0.0385. The summed E-state index contributed by atoms with van der Waals surface area (Å²) in [5.41, 5.74) is 8.18. The van der Waals surface area contributed by atoms with Crippen molar-refractivity contribution in [3.8, 4) is 57.1 Å². The summed E-state index contributed by atoms with van der Waals surface area (Å²) in [4.78, 5) is 18.6. The SMILES string of the molecule is Cc1ccnc(-n2c3ccccc3c3ccc(Oc4cc(-c5cnc(-c6ccc(F)c(Oc7ccc8c9ccccc9n(-c9cc(C)ccn9)c8c7)c6)cn5)ccc4F)cc32)c1. The van der Waals surface area contributed by atoms with E-state index in [0.717, 1.165) is 66.4 Å². The van der Waals surface area contributed by atoms with Gasteiger partial charge in [0.1, 0.15) is 23.1 Å². The molecule has 0 aliphatic carbocycles. The average molecular weight is 813 g/mol. The van der Waals surface area contributed by atoms with Gasteiger partial charge >= 0.3 is 0 Å². The molecular formula is C52H34F2N6O2. The van der Waals surface area contributed by atoms with E-state index < -0.39 is 11.6 Å². The zero-order valence-electron chi connectivity index (χ0n) is 33.4. The van der Waals surface area contributed by atoms with Crippen molar-refractivity contribution < 1.29 is 18.3 Å². The van der Waals surface area contributed by atoms with Crippen LogP contribution in [-0.2, 0) is 0 Å². The Morgan fingerprint density at radius 3 is 1.29 bits per heavy atom. The third kappa shape index (κ3) is 6.45. The fourth-order valence-corrected chi connectivity index (χ4v) is 8.17. The first-order valence-electron chi connectivity index (χ1n) is 20.0. The van der Waals surface area contributed by atoms with Crippen LogP contribution in [0.2, 0.25) is 0 Å². The largest absolute Gasteiger partial charge is 0.454 e. The Bertz CT molecular complexity index is 3310. The van der Waals surface area contributed by atoms with Crippen LogP contribution in [0.25, 0.3) is 77.8 Å². The molecular weight excluding hydrogens is 779 g/mol. The molecule has 0 N–H and O–H groups in total. The summed E-state index contributed by atoms with van der Waals surface area (Å²) in [6.07, 6.45) is 6.78. The molecule has 11 rings (SSSR count). The van der Waals surface area contributed by atoms with E-state index in [9.17, 15) is 0 Å². The van der Waals surface area contributed by atoms with Gasteiger partial charge in [-0.3, -0.25) is 19.1 Å². The molecule has 62 heavy (non-hydrogen) atoms. The molecule has 0 amide bonds. The lowest BCUT2D eigenvalue weighted by Crippen LogP contribution is -1.98. The van der Waals surface area contributed by atoms with Crippen LogP contribution in [0.5, 0.6) is 23.0 Å². The van der Waals surface area contributed by atoms with Crippen molar-refractivity contribution in [3.05, 3.63) is 193 Å². The maximum atomic E-state index is 15.4. The molecule has 0 aliphatic heterocycles. The molecule has 11 aromatic rings. The number of halogens is 2. The first kappa shape index (κ1) is 36.8. The van der Waals surface area contributed by atoms with E-state index in [1.54, 1.807) is 49.1 Å². The number of para-hydroxylation sites is 2. The van der Waals surface area contributed by atoms with Crippen LogP contribution < -0.4 is 9.47 Å². The van der Waals surface area contributed by atoms with Crippen molar-refractivity contribution in [1.29, 1.82) is 0 Å². The molecule has 6 aromatic carbocycles. The molecule has 0 saturated heterocycles. The second-order valence-corrected chi connectivity index (χ2v) is 15.2. The number of benzene rings is 6. The molecule has 10 heteroatoms. The highest BCUT2D eigenvalue weighted by molar-refractivity contribution is 6.10. The van der Waals surface area contributed by atoms with Crippen molar-refractivity contribution in [3.63, 3.8) is 0 Å². The lowest BCUT2D eigenvalue weighted by atomic mass is 10.1. The number of hydrogen-bond donors (Lipinski definition) is 0. The fourth-order valence-electron chi connectivity index (χ4n) is 8.17. The number of pyridine rings is 2. The molecule has 0 radical (unpaired) electrons. The Hall–Kier alpha value is -8.24. The summed E-state index contributed by atoms with van der Waals surface area (Å²) in [5, 5.41) is 4.20. The number of aromatic nitrogens is 6. The van der Waals surface area contributed by atoms with Crippen molar-refractivity contribution in [2.45, 2.75) is 13.8 Å². The first-order valence-corrected chi connectivity index (χ1v) is 20.0. The molecule has 0 aliphatic rings. The molecule has 0 spiro atoms. The minimum atomic E-state index is -0.523. The van der Waals surface area contributed by atoms with Gasteiger partial charge in [-0.15, -0.1) is 0 Å². The molecule has 0 atom stereocenters. The zero-order valence-corrected chi connectivity index (χ0v) is 33.4. The lowest BCUT2D eigenvalue weighted by Gasteiger charge is -2.12. The van der Waals surface area contributed by atoms with Gasteiger partial charge in [-0.25, -0.2) is 18.7 Å². The average Bonchev–Trinajstić information content (AvgIpc) is 3.80. The predicted molar refractivity (Wildman–Crippen MR) is 240 cm³/mol. The Labute approximate surface area is 354 Å². The van der Waals surface area contributed by atoms with Crippen LogP contribution in [-0.4, -0.2) is 29.1 Å². The van der Waals surface area contributed by atoms with Gasteiger partial charge in [0.25, 0.3) is 0 Å². The highest BCUT2D eigenvalue weighted by Gasteiger charge is 2.18. The molecule has 0 saturated carbocycles. The van der Waals surface area contributed by atoms with Gasteiger partial charge in [0.05, 0.1) is 45.8 Å². The van der Waals surface area contributed by atoms with E-state index in [1.165, 1.54) is 12.1 Å². The maximum Gasteiger partial charge on any atom is 0.165 e. The van der Waals surface area contributed by atoms with Crippen molar-refractivity contribution in [2.24, 2.45) is 0 Å². The molecule has 8 nitrogen and oxygen atoms in total. The molecule has 5 aromatic heterocycles. The van der Waals surface area contributed by atoms with Crippen LogP contribution in [0.4, 0.5) is 8.78 Å². The van der Waals surface area contributed by atoms with Gasteiger partial charge < -0.3 is 9.47 Å². The minimum Gasteiger partial charge on any atom is -0.454 e. The third-order valence-corrected chi connectivity index (χ3v) is 11.1. The van der Waals surface area contributed by atoms with Crippen molar-refractivity contribution in [2.75, 3.05) is 0 Å². The molecule has 0 fully saturated rings. The van der Waals surface area contributed by atoms with Crippen LogP contribution in [0, 0.1) is 25.5 Å². The van der Waals surface area contributed by atoms with Gasteiger partial charge in [-0.05, 0) is 122 Å². The lowest BCUT2D eigenvalue weighted by molar-refractivity contribution is 0.443. The van der Waals surface area contributed by atoms with Gasteiger partial charge in [-0.2, -0.15) is 0 Å². The second-order valence-electron chi connectivity index (χ2n) is 15.2. The van der Waals surface area contributed by atoms with E-state index in [2.05, 4.69) is 53.3 Å². The molecule has 0 bridgehead atoms. The summed E-state index contributed by atoms with van der Waals surface area (Å²) < 4.78 is 47.4. The van der Waals surface area contributed by atoms with E-state index in [-0.39, 0.29) is 11.5 Å². The number of hydrogen-bond acceptors (Lipinski definition) is 6. The van der Waals surface area contributed by atoms with E-state index in [1.807, 2.05) is 98.8 Å². The Morgan fingerprint density at radius 1 is 0.419 bits per heavy atom. The zero-order chi connectivity index (χ0) is 41.9. The first-order chi connectivity index (χ1) is 30.3. The highest BCUT2D eigenvalue weighted by Crippen LogP contribution is 2.38. The maximum absolute atomic E-state index is 15.4. The standard InChI is InChI=1S/C52H34F2N6O2/c1-31-19-21-55-51(23-31)59-45-9-5-3-7-37(45)39-15-13-35(27-47(39)59)61-49-25-33(11-17-41(49)53)43-29-58-44(30-57-43)34-12-18-42(54)50(26-34)62-36-14-16-40-38-8-4-6-10-46(38)60(48(40)28-36)52-24-32(2)20-22-56-52/h3-30H,1-2H3. The molecule has 298 valence electrons. The number of nitrogens with zero attached hydrogens (tertiary/aromatic N) is 6. The normalized spacial score (nSPS) is 11.5. The number of aryl methyl sites for hydroxylation is 2. The smallest absolute Gasteiger partial charge is 0.165 e.